The van der Waals surface area contributed by atoms with Gasteiger partial charge in [0.1, 0.15) is 0 Å². The third-order valence-corrected chi connectivity index (χ3v) is 5.29. The molecule has 0 aliphatic carbocycles. The van der Waals surface area contributed by atoms with Crippen LogP contribution in [0.15, 0.2) is 0 Å². The van der Waals surface area contributed by atoms with Crippen molar-refractivity contribution in [1.82, 2.24) is 5.32 Å². The van der Waals surface area contributed by atoms with Crippen LogP contribution in [0.3, 0.4) is 0 Å². The van der Waals surface area contributed by atoms with Crippen molar-refractivity contribution < 1.29 is 8.42 Å². The first-order valence-electron chi connectivity index (χ1n) is 6.30. The van der Waals surface area contributed by atoms with E-state index < -0.39 is 9.84 Å². The zero-order valence-corrected chi connectivity index (χ0v) is 12.1. The second kappa shape index (κ2) is 7.28. The maximum absolute atomic E-state index is 12.1. The lowest BCUT2D eigenvalue weighted by Crippen LogP contribution is -2.43. The summed E-state index contributed by atoms with van der Waals surface area (Å²) in [6.07, 6.45) is 1.62. The molecule has 0 heterocycles. The zero-order valence-electron chi connectivity index (χ0n) is 11.3. The van der Waals surface area contributed by atoms with E-state index in [4.69, 9.17) is 0 Å². The van der Waals surface area contributed by atoms with E-state index in [9.17, 15) is 8.42 Å². The summed E-state index contributed by atoms with van der Waals surface area (Å²) < 4.78 is 24.1. The van der Waals surface area contributed by atoms with Crippen molar-refractivity contribution in [3.05, 3.63) is 0 Å². The van der Waals surface area contributed by atoms with Crippen LogP contribution in [0.1, 0.15) is 47.5 Å². The smallest absolute Gasteiger partial charge is 0.154 e. The van der Waals surface area contributed by atoms with Gasteiger partial charge in [-0.15, -0.1) is 0 Å². The molecule has 4 heteroatoms. The molecule has 0 aliphatic rings. The molecule has 1 N–H and O–H groups in total. The molecule has 0 aliphatic heterocycles. The van der Waals surface area contributed by atoms with E-state index in [-0.39, 0.29) is 11.3 Å². The summed E-state index contributed by atoms with van der Waals surface area (Å²) in [6.45, 7) is 10.8. The van der Waals surface area contributed by atoms with Crippen LogP contribution >= 0.6 is 0 Å². The number of rotatable bonds is 8. The van der Waals surface area contributed by atoms with Gasteiger partial charge in [-0.3, -0.25) is 0 Å². The predicted octanol–water partition coefficient (Wildman–Crippen LogP) is 2.22. The Kier molecular flexibility index (Phi) is 7.24. The van der Waals surface area contributed by atoms with Crippen LogP contribution in [0.4, 0.5) is 0 Å². The fourth-order valence-corrected chi connectivity index (χ4v) is 3.70. The first-order chi connectivity index (χ1) is 7.35. The SMILES string of the molecule is CCNC(CC)C(C)S(=O)(=O)CCC(C)C. The second-order valence-corrected chi connectivity index (χ2v) is 7.30. The quantitative estimate of drug-likeness (QED) is 0.717. The van der Waals surface area contributed by atoms with Gasteiger partial charge in [0.2, 0.25) is 0 Å². The van der Waals surface area contributed by atoms with Gasteiger partial charge in [0.25, 0.3) is 0 Å². The number of nitrogens with one attached hydrogen (secondary N) is 1. The highest BCUT2D eigenvalue weighted by atomic mass is 32.2. The molecule has 0 radical (unpaired) electrons. The van der Waals surface area contributed by atoms with E-state index in [1.165, 1.54) is 0 Å². The molecule has 0 saturated heterocycles. The van der Waals surface area contributed by atoms with Gasteiger partial charge in [0.05, 0.1) is 11.0 Å². The zero-order chi connectivity index (χ0) is 12.8. The first-order valence-corrected chi connectivity index (χ1v) is 8.01. The number of hydrogen-bond acceptors (Lipinski definition) is 3. The van der Waals surface area contributed by atoms with E-state index in [2.05, 4.69) is 19.2 Å². The molecular formula is C12H27NO2S. The van der Waals surface area contributed by atoms with E-state index in [0.29, 0.717) is 11.7 Å². The van der Waals surface area contributed by atoms with E-state index >= 15 is 0 Å². The van der Waals surface area contributed by atoms with Gasteiger partial charge in [0.15, 0.2) is 9.84 Å². The van der Waals surface area contributed by atoms with Gasteiger partial charge < -0.3 is 5.32 Å². The van der Waals surface area contributed by atoms with E-state index in [0.717, 1.165) is 19.4 Å². The third kappa shape index (κ3) is 5.30. The van der Waals surface area contributed by atoms with Gasteiger partial charge in [0, 0.05) is 6.04 Å². The summed E-state index contributed by atoms with van der Waals surface area (Å²) in [6, 6.07) is 0.0853. The summed E-state index contributed by atoms with van der Waals surface area (Å²) in [4.78, 5) is 0. The van der Waals surface area contributed by atoms with Crippen LogP contribution in [0.25, 0.3) is 0 Å². The van der Waals surface area contributed by atoms with Crippen molar-refractivity contribution in [3.63, 3.8) is 0 Å². The minimum Gasteiger partial charge on any atom is -0.313 e. The number of hydrogen-bond donors (Lipinski definition) is 1. The Balaban J connectivity index is 4.48. The molecule has 0 aromatic heterocycles. The van der Waals surface area contributed by atoms with Gasteiger partial charge in [-0.1, -0.05) is 27.7 Å². The minimum atomic E-state index is -2.95. The van der Waals surface area contributed by atoms with Crippen molar-refractivity contribution in [2.75, 3.05) is 12.3 Å². The fourth-order valence-electron chi connectivity index (χ4n) is 1.74. The van der Waals surface area contributed by atoms with Gasteiger partial charge in [-0.2, -0.15) is 0 Å². The maximum atomic E-state index is 12.1. The monoisotopic (exact) mass is 249 g/mol. The molecule has 0 spiro atoms. The lowest BCUT2D eigenvalue weighted by atomic mass is 10.1. The molecule has 2 unspecified atom stereocenters. The summed E-state index contributed by atoms with van der Waals surface area (Å²) in [5.74, 6) is 0.759. The maximum Gasteiger partial charge on any atom is 0.154 e. The standard InChI is InChI=1S/C12H27NO2S/c1-6-12(13-7-2)11(5)16(14,15)9-8-10(3)4/h10-13H,6-9H2,1-5H3. The highest BCUT2D eigenvalue weighted by Crippen LogP contribution is 2.13. The Hall–Kier alpha value is -0.0900. The normalized spacial score (nSPS) is 16.4. The molecule has 0 aromatic carbocycles. The molecule has 0 fully saturated rings. The van der Waals surface area contributed by atoms with E-state index in [1.807, 2.05) is 20.8 Å². The Morgan fingerprint density at radius 1 is 1.12 bits per heavy atom. The van der Waals surface area contributed by atoms with Crippen molar-refractivity contribution in [1.29, 1.82) is 0 Å². The van der Waals surface area contributed by atoms with Crippen LogP contribution < -0.4 is 5.32 Å². The van der Waals surface area contributed by atoms with Crippen molar-refractivity contribution >= 4 is 9.84 Å². The largest absolute Gasteiger partial charge is 0.313 e. The summed E-state index contributed by atoms with van der Waals surface area (Å²) in [5, 5.41) is 2.97. The third-order valence-electron chi connectivity index (χ3n) is 3.02. The molecule has 16 heavy (non-hydrogen) atoms. The lowest BCUT2D eigenvalue weighted by Gasteiger charge is -2.23. The van der Waals surface area contributed by atoms with Crippen LogP contribution in [-0.2, 0) is 9.84 Å². The minimum absolute atomic E-state index is 0.0853. The van der Waals surface area contributed by atoms with Crippen LogP contribution in [0.5, 0.6) is 0 Å². The molecular weight excluding hydrogens is 222 g/mol. The number of sulfone groups is 1. The molecule has 0 saturated carbocycles. The molecule has 0 rings (SSSR count). The molecule has 0 amide bonds. The molecule has 2 atom stereocenters. The van der Waals surface area contributed by atoms with E-state index in [1.54, 1.807) is 0 Å². The second-order valence-electron chi connectivity index (χ2n) is 4.83. The Labute approximate surface area is 101 Å². The lowest BCUT2D eigenvalue weighted by molar-refractivity contribution is 0.480. The molecule has 98 valence electrons. The van der Waals surface area contributed by atoms with Gasteiger partial charge in [-0.05, 0) is 32.2 Å². The Morgan fingerprint density at radius 2 is 1.69 bits per heavy atom. The molecule has 0 bridgehead atoms. The van der Waals surface area contributed by atoms with Gasteiger partial charge in [-0.25, -0.2) is 8.42 Å². The highest BCUT2D eigenvalue weighted by Gasteiger charge is 2.27. The van der Waals surface area contributed by atoms with Crippen molar-refractivity contribution in [2.45, 2.75) is 58.8 Å². The Bertz CT molecular complexity index is 273. The summed E-state index contributed by atoms with van der Waals surface area (Å²) in [5.41, 5.74) is 0. The molecule has 0 aromatic rings. The average molecular weight is 249 g/mol. The van der Waals surface area contributed by atoms with Crippen molar-refractivity contribution in [3.8, 4) is 0 Å². The highest BCUT2D eigenvalue weighted by molar-refractivity contribution is 7.92. The molecule has 3 nitrogen and oxygen atoms in total. The topological polar surface area (TPSA) is 46.2 Å². The van der Waals surface area contributed by atoms with Crippen molar-refractivity contribution in [2.24, 2.45) is 5.92 Å². The van der Waals surface area contributed by atoms with Gasteiger partial charge >= 0.3 is 0 Å². The Morgan fingerprint density at radius 3 is 2.06 bits per heavy atom. The van der Waals surface area contributed by atoms with Crippen LogP contribution in [0.2, 0.25) is 0 Å². The average Bonchev–Trinajstić information content (AvgIpc) is 2.22. The summed E-state index contributed by atoms with van der Waals surface area (Å²) in [7, 11) is -2.95. The van der Waals surface area contributed by atoms with Crippen LogP contribution in [-0.4, -0.2) is 32.0 Å². The van der Waals surface area contributed by atoms with Crippen LogP contribution in [0, 0.1) is 5.92 Å². The summed E-state index contributed by atoms with van der Waals surface area (Å²) >= 11 is 0. The predicted molar refractivity (Wildman–Crippen MR) is 70.5 cm³/mol. The first kappa shape index (κ1) is 15.9. The fraction of sp³-hybridized carbons (Fsp3) is 1.00.